The number of hydrogen-bond acceptors (Lipinski definition) is 6. The molecule has 0 radical (unpaired) electrons. The van der Waals surface area contributed by atoms with Crippen LogP contribution in [0.5, 0.6) is 17.2 Å². The molecule has 3 atom stereocenters. The molecule has 2 N–H and O–H groups in total. The van der Waals surface area contributed by atoms with Crippen LogP contribution in [0, 0.1) is 5.92 Å². The van der Waals surface area contributed by atoms with Gasteiger partial charge >= 0.3 is 5.97 Å². The van der Waals surface area contributed by atoms with Gasteiger partial charge in [0.15, 0.2) is 0 Å². The summed E-state index contributed by atoms with van der Waals surface area (Å²) in [6.07, 6.45) is 1.49. The lowest BCUT2D eigenvalue weighted by molar-refractivity contribution is -0.145. The van der Waals surface area contributed by atoms with Crippen LogP contribution in [0.4, 0.5) is 5.82 Å². The van der Waals surface area contributed by atoms with E-state index in [9.17, 15) is 4.79 Å². The van der Waals surface area contributed by atoms with E-state index in [1.807, 2.05) is 18.2 Å². The van der Waals surface area contributed by atoms with Gasteiger partial charge in [-0.15, -0.1) is 0 Å². The molecule has 1 aliphatic carbocycles. The number of hydrogen-bond donors (Lipinski definition) is 1. The first-order valence-corrected chi connectivity index (χ1v) is 7.54. The molecule has 1 aromatic carbocycles. The summed E-state index contributed by atoms with van der Waals surface area (Å²) in [6, 6.07) is 9.01. The number of esters is 1. The van der Waals surface area contributed by atoms with Crippen LogP contribution >= 0.6 is 0 Å². The van der Waals surface area contributed by atoms with Crippen molar-refractivity contribution in [1.29, 1.82) is 0 Å². The molecule has 1 aromatic heterocycles. The highest BCUT2D eigenvalue weighted by atomic mass is 16.5. The van der Waals surface area contributed by atoms with Crippen LogP contribution in [0.25, 0.3) is 0 Å². The Morgan fingerprint density at radius 1 is 1.30 bits per heavy atom. The molecule has 0 saturated heterocycles. The number of benzene rings is 1. The molecule has 4 rings (SSSR count). The average Bonchev–Trinajstić information content (AvgIpc) is 3.12. The third kappa shape index (κ3) is 2.36. The van der Waals surface area contributed by atoms with Crippen molar-refractivity contribution in [3.05, 3.63) is 42.1 Å². The van der Waals surface area contributed by atoms with E-state index in [0.717, 1.165) is 11.3 Å². The van der Waals surface area contributed by atoms with Gasteiger partial charge in [-0.2, -0.15) is 0 Å². The van der Waals surface area contributed by atoms with E-state index in [1.54, 1.807) is 25.3 Å². The second-order valence-electron chi connectivity index (χ2n) is 5.60. The molecule has 0 bridgehead atoms. The number of fused-ring (bicyclic) bond motifs is 3. The van der Waals surface area contributed by atoms with Crippen molar-refractivity contribution in [1.82, 2.24) is 4.98 Å². The number of carbonyl (C=O) groups is 1. The lowest BCUT2D eigenvalue weighted by atomic mass is 10.1. The first-order valence-electron chi connectivity index (χ1n) is 7.54. The number of nitrogens with two attached hydrogens (primary N) is 1. The molecule has 2 heterocycles. The van der Waals surface area contributed by atoms with Gasteiger partial charge in [0.2, 0.25) is 0 Å². The number of anilines is 1. The maximum Gasteiger partial charge on any atom is 0.313 e. The van der Waals surface area contributed by atoms with E-state index in [4.69, 9.17) is 19.9 Å². The Bertz CT molecular complexity index is 777. The maximum absolute atomic E-state index is 11.9. The van der Waals surface area contributed by atoms with Gasteiger partial charge < -0.3 is 19.9 Å². The molecule has 1 aliphatic heterocycles. The minimum absolute atomic E-state index is 0.0649. The molecular weight excluding hydrogens is 296 g/mol. The van der Waals surface area contributed by atoms with Crippen LogP contribution in [0.15, 0.2) is 36.5 Å². The summed E-state index contributed by atoms with van der Waals surface area (Å²) in [4.78, 5) is 15.8. The number of pyridine rings is 1. The smallest absolute Gasteiger partial charge is 0.313 e. The van der Waals surface area contributed by atoms with Crippen LogP contribution in [0.2, 0.25) is 0 Å². The largest absolute Gasteiger partial charge is 0.489 e. The summed E-state index contributed by atoms with van der Waals surface area (Å²) in [5.41, 5.74) is 6.64. The molecule has 6 heteroatoms. The van der Waals surface area contributed by atoms with Crippen molar-refractivity contribution in [2.45, 2.75) is 18.9 Å². The van der Waals surface area contributed by atoms with E-state index in [1.165, 1.54) is 0 Å². The zero-order valence-electron chi connectivity index (χ0n) is 12.6. The third-order valence-corrected chi connectivity index (χ3v) is 4.10. The molecule has 6 nitrogen and oxygen atoms in total. The highest BCUT2D eigenvalue weighted by Gasteiger charge is 2.63. The Balaban J connectivity index is 1.55. The van der Waals surface area contributed by atoms with Gasteiger partial charge in [0.1, 0.15) is 35.1 Å². The standard InChI is InChI=1S/C17H16N2O4/c1-2-21-17(20)15-14-11-7-9(3-4-12(11)23-16(14)15)22-10-5-6-19-13(18)8-10/h3-8,14-16H,2H2,1H3,(H2,18,19)/t14-,15-,16?/m0/s1. The van der Waals surface area contributed by atoms with Crippen molar-refractivity contribution in [2.24, 2.45) is 5.92 Å². The van der Waals surface area contributed by atoms with Crippen LogP contribution < -0.4 is 15.2 Å². The van der Waals surface area contributed by atoms with Crippen LogP contribution in [-0.2, 0) is 9.53 Å². The molecule has 0 spiro atoms. The van der Waals surface area contributed by atoms with Crippen molar-refractivity contribution in [3.63, 3.8) is 0 Å². The highest BCUT2D eigenvalue weighted by Crippen LogP contribution is 2.59. The number of aromatic nitrogens is 1. The molecule has 2 aliphatic rings. The fraction of sp³-hybridized carbons (Fsp3) is 0.294. The van der Waals surface area contributed by atoms with Crippen LogP contribution in [-0.4, -0.2) is 23.7 Å². The van der Waals surface area contributed by atoms with E-state index >= 15 is 0 Å². The number of rotatable bonds is 4. The molecule has 1 saturated carbocycles. The van der Waals surface area contributed by atoms with Gasteiger partial charge in [-0.25, -0.2) is 4.98 Å². The summed E-state index contributed by atoms with van der Waals surface area (Å²) in [5.74, 6) is 2.17. The summed E-state index contributed by atoms with van der Waals surface area (Å²) in [5, 5.41) is 0. The Kier molecular flexibility index (Phi) is 3.11. The van der Waals surface area contributed by atoms with E-state index in [-0.39, 0.29) is 23.9 Å². The predicted molar refractivity (Wildman–Crippen MR) is 82.4 cm³/mol. The summed E-state index contributed by atoms with van der Waals surface area (Å²) < 4.78 is 16.7. The van der Waals surface area contributed by atoms with E-state index in [2.05, 4.69) is 4.98 Å². The predicted octanol–water partition coefficient (Wildman–Crippen LogP) is 2.49. The zero-order chi connectivity index (χ0) is 16.0. The average molecular weight is 312 g/mol. The Hall–Kier alpha value is -2.76. The molecule has 1 fully saturated rings. The number of nitrogens with zero attached hydrogens (tertiary/aromatic N) is 1. The Morgan fingerprint density at radius 3 is 2.91 bits per heavy atom. The van der Waals surface area contributed by atoms with Gasteiger partial charge in [-0.1, -0.05) is 0 Å². The van der Waals surface area contributed by atoms with Crippen molar-refractivity contribution >= 4 is 11.8 Å². The van der Waals surface area contributed by atoms with Crippen LogP contribution in [0.1, 0.15) is 18.4 Å². The van der Waals surface area contributed by atoms with E-state index < -0.39 is 0 Å². The molecule has 0 amide bonds. The minimum atomic E-state index is -0.200. The maximum atomic E-state index is 11.9. The Labute approximate surface area is 133 Å². The minimum Gasteiger partial charge on any atom is -0.489 e. The summed E-state index contributed by atoms with van der Waals surface area (Å²) in [7, 11) is 0. The molecule has 2 aromatic rings. The first-order chi connectivity index (χ1) is 11.2. The molecule has 118 valence electrons. The fourth-order valence-corrected chi connectivity index (χ4v) is 3.05. The monoisotopic (exact) mass is 312 g/mol. The Morgan fingerprint density at radius 2 is 2.13 bits per heavy atom. The second-order valence-corrected chi connectivity index (χ2v) is 5.60. The number of nitrogen functional groups attached to an aromatic ring is 1. The second kappa shape index (κ2) is 5.15. The lowest BCUT2D eigenvalue weighted by Crippen LogP contribution is -2.13. The highest BCUT2D eigenvalue weighted by molar-refractivity contribution is 5.80. The SMILES string of the molecule is CCOC(=O)[C@@H]1C2Oc3ccc(Oc4ccnc(N)c4)cc3[C@H]21. The van der Waals surface area contributed by atoms with Crippen molar-refractivity contribution in [2.75, 3.05) is 12.3 Å². The molecule has 1 unspecified atom stereocenters. The third-order valence-electron chi connectivity index (χ3n) is 4.10. The normalized spacial score (nSPS) is 23.4. The zero-order valence-corrected chi connectivity index (χ0v) is 12.6. The summed E-state index contributed by atoms with van der Waals surface area (Å²) >= 11 is 0. The van der Waals surface area contributed by atoms with Crippen molar-refractivity contribution < 1.29 is 19.0 Å². The van der Waals surface area contributed by atoms with Crippen LogP contribution in [0.3, 0.4) is 0 Å². The first kappa shape index (κ1) is 13.9. The van der Waals surface area contributed by atoms with Gasteiger partial charge in [0.25, 0.3) is 0 Å². The van der Waals surface area contributed by atoms with Gasteiger partial charge in [-0.05, 0) is 31.2 Å². The van der Waals surface area contributed by atoms with Gasteiger partial charge in [0.05, 0.1) is 6.61 Å². The topological polar surface area (TPSA) is 83.7 Å². The number of carbonyl (C=O) groups excluding carboxylic acids is 1. The summed E-state index contributed by atoms with van der Waals surface area (Å²) in [6.45, 7) is 2.19. The quantitative estimate of drug-likeness (QED) is 0.873. The molecular formula is C17H16N2O4. The number of ether oxygens (including phenoxy) is 3. The fourth-order valence-electron chi connectivity index (χ4n) is 3.05. The molecule has 23 heavy (non-hydrogen) atoms. The van der Waals surface area contributed by atoms with E-state index in [0.29, 0.717) is 23.9 Å². The lowest BCUT2D eigenvalue weighted by Gasteiger charge is -2.11. The van der Waals surface area contributed by atoms with Gasteiger partial charge in [-0.3, -0.25) is 4.79 Å². The van der Waals surface area contributed by atoms with Gasteiger partial charge in [0, 0.05) is 23.7 Å². The van der Waals surface area contributed by atoms with Crippen molar-refractivity contribution in [3.8, 4) is 17.2 Å².